The first-order valence-electron chi connectivity index (χ1n) is 5.58. The number of carbonyl (C=O) groups is 2. The van der Waals surface area contributed by atoms with Gasteiger partial charge in [-0.1, -0.05) is 13.3 Å². The van der Waals surface area contributed by atoms with Crippen LogP contribution in [0.25, 0.3) is 0 Å². The summed E-state index contributed by atoms with van der Waals surface area (Å²) in [5.41, 5.74) is 0. The minimum absolute atomic E-state index is 0.0304. The van der Waals surface area contributed by atoms with Gasteiger partial charge >= 0.3 is 5.97 Å². The first-order chi connectivity index (χ1) is 7.08. The van der Waals surface area contributed by atoms with Gasteiger partial charge in [0.2, 0.25) is 5.91 Å². The molecular weight excluding hydrogens is 194 g/mol. The van der Waals surface area contributed by atoms with Gasteiger partial charge < -0.3 is 10.0 Å². The smallest absolute Gasteiger partial charge is 0.303 e. The van der Waals surface area contributed by atoms with Crippen molar-refractivity contribution >= 4 is 11.9 Å². The van der Waals surface area contributed by atoms with E-state index in [-0.39, 0.29) is 18.2 Å². The molecule has 1 rings (SSSR count). The average Bonchev–Trinajstić information content (AvgIpc) is 2.17. The molecule has 4 nitrogen and oxygen atoms in total. The first-order valence-corrected chi connectivity index (χ1v) is 5.58. The maximum atomic E-state index is 11.6. The summed E-state index contributed by atoms with van der Waals surface area (Å²) in [7, 11) is 0. The monoisotopic (exact) mass is 213 g/mol. The molecule has 0 saturated carbocycles. The van der Waals surface area contributed by atoms with Crippen LogP contribution in [0.2, 0.25) is 0 Å². The molecule has 1 amide bonds. The Morgan fingerprint density at radius 3 is 2.60 bits per heavy atom. The minimum Gasteiger partial charge on any atom is -0.481 e. The van der Waals surface area contributed by atoms with E-state index in [9.17, 15) is 9.59 Å². The van der Waals surface area contributed by atoms with Crippen LogP contribution >= 0.6 is 0 Å². The van der Waals surface area contributed by atoms with Crippen LogP contribution in [0.1, 0.15) is 33.1 Å². The van der Waals surface area contributed by atoms with Crippen LogP contribution in [-0.2, 0) is 9.59 Å². The number of hydrogen-bond acceptors (Lipinski definition) is 2. The van der Waals surface area contributed by atoms with Crippen LogP contribution in [0.5, 0.6) is 0 Å². The molecule has 0 aromatic carbocycles. The number of rotatable bonds is 4. The molecule has 0 bridgehead atoms. The summed E-state index contributed by atoms with van der Waals surface area (Å²) in [4.78, 5) is 24.1. The fourth-order valence-electron chi connectivity index (χ4n) is 2.29. The Bertz CT molecular complexity index is 252. The third-order valence-electron chi connectivity index (χ3n) is 3.25. The summed E-state index contributed by atoms with van der Waals surface area (Å²) in [6.07, 6.45) is 1.47. The maximum Gasteiger partial charge on any atom is 0.303 e. The molecule has 1 fully saturated rings. The summed E-state index contributed by atoms with van der Waals surface area (Å²) in [6.45, 7) is 5.48. The zero-order valence-electron chi connectivity index (χ0n) is 9.40. The Morgan fingerprint density at radius 1 is 1.47 bits per heavy atom. The zero-order chi connectivity index (χ0) is 11.4. The van der Waals surface area contributed by atoms with Crippen LogP contribution in [0, 0.1) is 11.8 Å². The van der Waals surface area contributed by atoms with Gasteiger partial charge in [0.1, 0.15) is 0 Å². The highest BCUT2D eigenvalue weighted by atomic mass is 16.4. The molecule has 15 heavy (non-hydrogen) atoms. The van der Waals surface area contributed by atoms with Crippen molar-refractivity contribution in [3.63, 3.8) is 0 Å². The molecule has 1 N–H and O–H groups in total. The highest BCUT2D eigenvalue weighted by Crippen LogP contribution is 2.29. The molecule has 2 atom stereocenters. The molecule has 0 aliphatic carbocycles. The van der Waals surface area contributed by atoms with Crippen LogP contribution in [0.4, 0.5) is 0 Å². The Labute approximate surface area is 90.3 Å². The summed E-state index contributed by atoms with van der Waals surface area (Å²) >= 11 is 0. The van der Waals surface area contributed by atoms with E-state index in [4.69, 9.17) is 5.11 Å². The van der Waals surface area contributed by atoms with Crippen molar-refractivity contribution in [2.45, 2.75) is 33.1 Å². The van der Waals surface area contributed by atoms with E-state index in [1.54, 1.807) is 0 Å². The molecule has 86 valence electrons. The summed E-state index contributed by atoms with van der Waals surface area (Å²) in [5, 5.41) is 8.76. The molecule has 0 aromatic rings. The van der Waals surface area contributed by atoms with E-state index < -0.39 is 5.97 Å². The van der Waals surface area contributed by atoms with E-state index in [0.717, 1.165) is 19.5 Å². The second-order valence-electron chi connectivity index (χ2n) is 4.16. The molecule has 0 radical (unpaired) electrons. The number of likely N-dealkylation sites (tertiary alicyclic amines) is 1. The van der Waals surface area contributed by atoms with Crippen LogP contribution in [0.15, 0.2) is 0 Å². The van der Waals surface area contributed by atoms with Crippen LogP contribution in [-0.4, -0.2) is 35.0 Å². The second kappa shape index (κ2) is 5.14. The Morgan fingerprint density at radius 2 is 2.13 bits per heavy atom. The van der Waals surface area contributed by atoms with Crippen LogP contribution in [0.3, 0.4) is 0 Å². The topological polar surface area (TPSA) is 57.6 Å². The number of carboxylic acids is 1. The molecule has 1 saturated heterocycles. The molecule has 1 aliphatic heterocycles. The van der Waals surface area contributed by atoms with E-state index in [1.165, 1.54) is 0 Å². The predicted octanol–water partition coefficient (Wildman–Crippen LogP) is 1.36. The molecular formula is C11H19NO3. The number of aliphatic carboxylic acids is 1. The van der Waals surface area contributed by atoms with Gasteiger partial charge in [-0.15, -0.1) is 0 Å². The van der Waals surface area contributed by atoms with Gasteiger partial charge in [-0.25, -0.2) is 0 Å². The zero-order valence-corrected chi connectivity index (χ0v) is 9.40. The second-order valence-corrected chi connectivity index (χ2v) is 4.16. The van der Waals surface area contributed by atoms with Gasteiger partial charge in [0.25, 0.3) is 0 Å². The molecule has 4 heteroatoms. The average molecular weight is 213 g/mol. The van der Waals surface area contributed by atoms with Crippen molar-refractivity contribution in [2.75, 3.05) is 13.1 Å². The fraction of sp³-hybridized carbons (Fsp3) is 0.818. The number of amides is 1. The Balaban J connectivity index is 2.64. The van der Waals surface area contributed by atoms with Gasteiger partial charge in [0.05, 0.1) is 0 Å². The Hall–Kier alpha value is -1.06. The third-order valence-corrected chi connectivity index (χ3v) is 3.25. The minimum atomic E-state index is -0.795. The standard InChI is InChI=1S/C11H19NO3/c1-3-8-7-12(4-2)10(13)5-9(8)6-11(14)15/h8-9H,3-7H2,1-2H3,(H,14,15)/t8-,9-/m0/s1. The number of carbonyl (C=O) groups excluding carboxylic acids is 1. The number of nitrogens with zero attached hydrogens (tertiary/aromatic N) is 1. The van der Waals surface area contributed by atoms with Crippen LogP contribution < -0.4 is 0 Å². The quantitative estimate of drug-likeness (QED) is 0.767. The van der Waals surface area contributed by atoms with Crippen molar-refractivity contribution in [1.82, 2.24) is 4.90 Å². The van der Waals surface area contributed by atoms with Gasteiger partial charge in [-0.2, -0.15) is 0 Å². The fourth-order valence-corrected chi connectivity index (χ4v) is 2.29. The molecule has 1 aliphatic rings. The normalized spacial score (nSPS) is 26.8. The highest BCUT2D eigenvalue weighted by molar-refractivity contribution is 5.78. The highest BCUT2D eigenvalue weighted by Gasteiger charge is 2.33. The van der Waals surface area contributed by atoms with Crippen molar-refractivity contribution in [3.05, 3.63) is 0 Å². The lowest BCUT2D eigenvalue weighted by atomic mass is 9.81. The lowest BCUT2D eigenvalue weighted by Crippen LogP contribution is -2.44. The van der Waals surface area contributed by atoms with E-state index in [2.05, 4.69) is 6.92 Å². The Kier molecular flexibility index (Phi) is 4.12. The van der Waals surface area contributed by atoms with Crippen molar-refractivity contribution in [2.24, 2.45) is 11.8 Å². The van der Waals surface area contributed by atoms with Gasteiger partial charge in [-0.05, 0) is 18.8 Å². The predicted molar refractivity (Wildman–Crippen MR) is 56.4 cm³/mol. The molecule has 0 aromatic heterocycles. The largest absolute Gasteiger partial charge is 0.481 e. The SMILES string of the molecule is CC[C@H]1CN(CC)C(=O)C[C@H]1CC(=O)O. The van der Waals surface area contributed by atoms with Gasteiger partial charge in [0.15, 0.2) is 0 Å². The van der Waals surface area contributed by atoms with E-state index >= 15 is 0 Å². The molecule has 1 heterocycles. The van der Waals surface area contributed by atoms with E-state index in [0.29, 0.717) is 12.3 Å². The van der Waals surface area contributed by atoms with Crippen molar-refractivity contribution < 1.29 is 14.7 Å². The maximum absolute atomic E-state index is 11.6. The van der Waals surface area contributed by atoms with Crippen molar-refractivity contribution in [3.8, 4) is 0 Å². The van der Waals surface area contributed by atoms with E-state index in [1.807, 2.05) is 11.8 Å². The van der Waals surface area contributed by atoms with Gasteiger partial charge in [-0.3, -0.25) is 9.59 Å². The lowest BCUT2D eigenvalue weighted by molar-refractivity contribution is -0.142. The number of piperidine rings is 1. The first kappa shape index (κ1) is 12.0. The molecule has 0 spiro atoms. The molecule has 0 unspecified atom stereocenters. The summed E-state index contributed by atoms with van der Waals surface area (Å²) < 4.78 is 0. The van der Waals surface area contributed by atoms with Crippen molar-refractivity contribution in [1.29, 1.82) is 0 Å². The summed E-state index contributed by atoms with van der Waals surface area (Å²) in [6, 6.07) is 0. The lowest BCUT2D eigenvalue weighted by Gasteiger charge is -2.36. The number of hydrogen-bond donors (Lipinski definition) is 1. The third kappa shape index (κ3) is 2.94. The number of carboxylic acid groups (broad SMARTS) is 1. The summed E-state index contributed by atoms with van der Waals surface area (Å²) in [5.74, 6) is -0.314. The van der Waals surface area contributed by atoms with Gasteiger partial charge in [0, 0.05) is 25.9 Å².